The normalized spacial score (nSPS) is 21.8. The summed E-state index contributed by atoms with van der Waals surface area (Å²) in [6, 6.07) is 5.94. The van der Waals surface area contributed by atoms with Crippen LogP contribution < -0.4 is 14.8 Å². The molecular formula is C19H29N3O3. The first-order chi connectivity index (χ1) is 12.1. The van der Waals surface area contributed by atoms with E-state index in [1.54, 1.807) is 7.11 Å². The Morgan fingerprint density at radius 1 is 1.32 bits per heavy atom. The highest BCUT2D eigenvalue weighted by Gasteiger charge is 2.21. The Hall–Kier alpha value is -1.79. The monoisotopic (exact) mass is 347 g/mol. The highest BCUT2D eigenvalue weighted by atomic mass is 16.5. The maximum atomic E-state index is 12.3. The number of hydrogen-bond donors (Lipinski definition) is 1. The molecular weight excluding hydrogens is 318 g/mol. The maximum Gasteiger partial charge on any atom is 0.234 e. The Morgan fingerprint density at radius 3 is 3.04 bits per heavy atom. The summed E-state index contributed by atoms with van der Waals surface area (Å²) in [6.07, 6.45) is 2.05. The van der Waals surface area contributed by atoms with Crippen LogP contribution in [-0.4, -0.2) is 75.7 Å². The second-order valence-electron chi connectivity index (χ2n) is 7.09. The molecule has 1 fully saturated rings. The van der Waals surface area contributed by atoms with E-state index >= 15 is 0 Å². The minimum Gasteiger partial charge on any atom is -0.497 e. The van der Waals surface area contributed by atoms with Gasteiger partial charge in [-0.25, -0.2) is 0 Å². The lowest BCUT2D eigenvalue weighted by Gasteiger charge is -2.26. The van der Waals surface area contributed by atoms with E-state index in [1.165, 1.54) is 5.56 Å². The molecule has 2 aliphatic heterocycles. The van der Waals surface area contributed by atoms with Gasteiger partial charge in [-0.1, -0.05) is 6.07 Å². The molecule has 1 aromatic carbocycles. The van der Waals surface area contributed by atoms with E-state index < -0.39 is 0 Å². The van der Waals surface area contributed by atoms with E-state index in [0.29, 0.717) is 25.6 Å². The number of likely N-dealkylation sites (N-methyl/N-ethyl adjacent to an activating group) is 1. The number of hydrogen-bond acceptors (Lipinski definition) is 5. The lowest BCUT2D eigenvalue weighted by molar-refractivity contribution is -0.122. The first kappa shape index (κ1) is 18.0. The van der Waals surface area contributed by atoms with Crippen molar-refractivity contribution >= 4 is 5.91 Å². The van der Waals surface area contributed by atoms with Crippen LogP contribution >= 0.6 is 0 Å². The Labute approximate surface area is 150 Å². The third-order valence-electron chi connectivity index (χ3n) is 5.02. The standard InChI is InChI=1S/C19H29N3O3/c1-21-6-3-7-22(9-8-21)13-19(23)20-12-15-10-16-4-5-17(24-2)11-18(16)25-14-15/h4-5,11,15H,3,6-10,12-14H2,1-2H3,(H,20,23). The van der Waals surface area contributed by atoms with Crippen molar-refractivity contribution in [2.45, 2.75) is 12.8 Å². The zero-order chi connectivity index (χ0) is 17.6. The number of nitrogens with zero attached hydrogens (tertiary/aromatic N) is 2. The molecule has 0 aliphatic carbocycles. The van der Waals surface area contributed by atoms with Gasteiger partial charge in [0.15, 0.2) is 0 Å². The summed E-state index contributed by atoms with van der Waals surface area (Å²) in [5, 5.41) is 3.09. The topological polar surface area (TPSA) is 54.0 Å². The fraction of sp³-hybridized carbons (Fsp3) is 0.632. The van der Waals surface area contributed by atoms with Crippen molar-refractivity contribution < 1.29 is 14.3 Å². The van der Waals surface area contributed by atoms with Gasteiger partial charge in [-0.15, -0.1) is 0 Å². The van der Waals surface area contributed by atoms with E-state index in [0.717, 1.165) is 50.5 Å². The van der Waals surface area contributed by atoms with Crippen molar-refractivity contribution in [1.82, 2.24) is 15.1 Å². The van der Waals surface area contributed by atoms with Gasteiger partial charge in [-0.05, 0) is 44.6 Å². The van der Waals surface area contributed by atoms with Gasteiger partial charge >= 0.3 is 0 Å². The molecule has 1 atom stereocenters. The summed E-state index contributed by atoms with van der Waals surface area (Å²) < 4.78 is 11.1. The highest BCUT2D eigenvalue weighted by Crippen LogP contribution is 2.30. The van der Waals surface area contributed by atoms with Crippen molar-refractivity contribution in [3.8, 4) is 11.5 Å². The van der Waals surface area contributed by atoms with Crippen molar-refractivity contribution in [3.05, 3.63) is 23.8 Å². The number of methoxy groups -OCH3 is 1. The molecule has 6 nitrogen and oxygen atoms in total. The number of amides is 1. The van der Waals surface area contributed by atoms with E-state index in [2.05, 4.69) is 28.2 Å². The van der Waals surface area contributed by atoms with Gasteiger partial charge in [-0.3, -0.25) is 9.69 Å². The molecule has 1 saturated heterocycles. The molecule has 2 aliphatic rings. The quantitative estimate of drug-likeness (QED) is 0.861. The number of nitrogens with one attached hydrogen (secondary N) is 1. The Bertz CT molecular complexity index is 593. The molecule has 1 aromatic rings. The number of carbonyl (C=O) groups excluding carboxylic acids is 1. The van der Waals surface area contributed by atoms with E-state index in [-0.39, 0.29) is 5.91 Å². The zero-order valence-corrected chi connectivity index (χ0v) is 15.3. The van der Waals surface area contributed by atoms with Crippen LogP contribution in [0.2, 0.25) is 0 Å². The Kier molecular flexibility index (Phi) is 6.15. The average molecular weight is 347 g/mol. The Balaban J connectivity index is 1.43. The molecule has 2 heterocycles. The number of benzene rings is 1. The van der Waals surface area contributed by atoms with Crippen LogP contribution in [0.3, 0.4) is 0 Å². The third kappa shape index (κ3) is 5.09. The molecule has 0 radical (unpaired) electrons. The minimum absolute atomic E-state index is 0.116. The van der Waals surface area contributed by atoms with Crippen LogP contribution in [0.1, 0.15) is 12.0 Å². The van der Waals surface area contributed by atoms with Crippen LogP contribution in [-0.2, 0) is 11.2 Å². The average Bonchev–Trinajstić information content (AvgIpc) is 2.83. The molecule has 25 heavy (non-hydrogen) atoms. The summed E-state index contributed by atoms with van der Waals surface area (Å²) in [5.41, 5.74) is 1.18. The van der Waals surface area contributed by atoms with Gasteiger partial charge in [0, 0.05) is 31.6 Å². The molecule has 3 rings (SSSR count). The molecule has 0 spiro atoms. The maximum absolute atomic E-state index is 12.3. The molecule has 1 amide bonds. The van der Waals surface area contributed by atoms with Crippen molar-refractivity contribution in [2.24, 2.45) is 5.92 Å². The lowest BCUT2D eigenvalue weighted by atomic mass is 9.96. The first-order valence-corrected chi connectivity index (χ1v) is 9.11. The summed E-state index contributed by atoms with van der Waals surface area (Å²) in [4.78, 5) is 16.8. The van der Waals surface area contributed by atoms with Gasteiger partial charge in [0.05, 0.1) is 20.3 Å². The summed E-state index contributed by atoms with van der Waals surface area (Å²) in [7, 11) is 3.80. The number of fused-ring (bicyclic) bond motifs is 1. The van der Waals surface area contributed by atoms with Crippen molar-refractivity contribution in [2.75, 3.05) is 60.0 Å². The second-order valence-corrected chi connectivity index (χ2v) is 7.09. The number of ether oxygens (including phenoxy) is 2. The molecule has 0 bridgehead atoms. The van der Waals surface area contributed by atoms with Crippen molar-refractivity contribution in [1.29, 1.82) is 0 Å². The smallest absolute Gasteiger partial charge is 0.234 e. The largest absolute Gasteiger partial charge is 0.497 e. The zero-order valence-electron chi connectivity index (χ0n) is 15.3. The van der Waals surface area contributed by atoms with Crippen LogP contribution in [0.15, 0.2) is 18.2 Å². The molecule has 0 aromatic heterocycles. The minimum atomic E-state index is 0.116. The summed E-state index contributed by atoms with van der Waals surface area (Å²) in [5.74, 6) is 2.15. The van der Waals surface area contributed by atoms with Gasteiger partial charge in [-0.2, -0.15) is 0 Å². The van der Waals surface area contributed by atoms with Crippen LogP contribution in [0.25, 0.3) is 0 Å². The molecule has 6 heteroatoms. The summed E-state index contributed by atoms with van der Waals surface area (Å²) in [6.45, 7) is 5.90. The number of carbonyl (C=O) groups is 1. The van der Waals surface area contributed by atoms with E-state index in [9.17, 15) is 4.79 Å². The fourth-order valence-corrected chi connectivity index (χ4v) is 3.45. The van der Waals surface area contributed by atoms with Crippen LogP contribution in [0, 0.1) is 5.92 Å². The van der Waals surface area contributed by atoms with Gasteiger partial charge in [0.25, 0.3) is 0 Å². The molecule has 0 saturated carbocycles. The lowest BCUT2D eigenvalue weighted by Crippen LogP contribution is -2.42. The predicted molar refractivity (Wildman–Crippen MR) is 97.2 cm³/mol. The second kappa shape index (κ2) is 8.54. The van der Waals surface area contributed by atoms with Gasteiger partial charge < -0.3 is 19.7 Å². The van der Waals surface area contributed by atoms with Gasteiger partial charge in [0.2, 0.25) is 5.91 Å². The third-order valence-corrected chi connectivity index (χ3v) is 5.02. The molecule has 1 unspecified atom stereocenters. The van der Waals surface area contributed by atoms with Crippen LogP contribution in [0.4, 0.5) is 0 Å². The summed E-state index contributed by atoms with van der Waals surface area (Å²) >= 11 is 0. The fourth-order valence-electron chi connectivity index (χ4n) is 3.45. The Morgan fingerprint density at radius 2 is 2.20 bits per heavy atom. The predicted octanol–water partition coefficient (Wildman–Crippen LogP) is 1.00. The first-order valence-electron chi connectivity index (χ1n) is 9.11. The van der Waals surface area contributed by atoms with Crippen molar-refractivity contribution in [3.63, 3.8) is 0 Å². The van der Waals surface area contributed by atoms with E-state index in [4.69, 9.17) is 9.47 Å². The van der Waals surface area contributed by atoms with E-state index in [1.807, 2.05) is 12.1 Å². The molecule has 138 valence electrons. The van der Waals surface area contributed by atoms with Crippen LogP contribution in [0.5, 0.6) is 11.5 Å². The SMILES string of the molecule is COc1ccc2c(c1)OCC(CNC(=O)CN1CCCN(C)CC1)C2. The highest BCUT2D eigenvalue weighted by molar-refractivity contribution is 5.78. The van der Waals surface area contributed by atoms with Gasteiger partial charge in [0.1, 0.15) is 11.5 Å². The number of rotatable bonds is 5. The molecule has 1 N–H and O–H groups in total.